The first-order valence-corrected chi connectivity index (χ1v) is 6.67. The lowest BCUT2D eigenvalue weighted by Gasteiger charge is -2.08. The van der Waals surface area contributed by atoms with E-state index in [0.717, 1.165) is 25.1 Å². The molecule has 0 aliphatic carbocycles. The quantitative estimate of drug-likeness (QED) is 0.829. The first-order chi connectivity index (χ1) is 9.24. The molecule has 0 aliphatic rings. The molecule has 102 valence electrons. The van der Waals surface area contributed by atoms with Gasteiger partial charge >= 0.3 is 0 Å². The van der Waals surface area contributed by atoms with Crippen LogP contribution in [0.25, 0.3) is 0 Å². The number of imidazole rings is 1. The molecule has 4 nitrogen and oxygen atoms in total. The number of aryl methyl sites for hydroxylation is 1. The van der Waals surface area contributed by atoms with Gasteiger partial charge in [0.05, 0.1) is 12.9 Å². The van der Waals surface area contributed by atoms with Crippen molar-refractivity contribution in [1.82, 2.24) is 9.55 Å². The van der Waals surface area contributed by atoms with Gasteiger partial charge in [0, 0.05) is 18.4 Å². The Hall–Kier alpha value is -1.81. The number of rotatable bonds is 7. The van der Waals surface area contributed by atoms with E-state index in [9.17, 15) is 0 Å². The second-order valence-electron chi connectivity index (χ2n) is 4.81. The van der Waals surface area contributed by atoms with Crippen LogP contribution in [0.1, 0.15) is 18.9 Å². The van der Waals surface area contributed by atoms with Crippen LogP contribution in [0, 0.1) is 0 Å². The molecule has 0 aliphatic heterocycles. The van der Waals surface area contributed by atoms with Gasteiger partial charge in [-0.2, -0.15) is 0 Å². The Balaban J connectivity index is 1.75. The summed E-state index contributed by atoms with van der Waals surface area (Å²) in [5, 5.41) is 0. The molecular formula is C15H21N3O. The van der Waals surface area contributed by atoms with Crippen molar-refractivity contribution in [2.45, 2.75) is 32.4 Å². The summed E-state index contributed by atoms with van der Waals surface area (Å²) in [6, 6.07) is 8.50. The van der Waals surface area contributed by atoms with E-state index in [-0.39, 0.29) is 6.04 Å². The van der Waals surface area contributed by atoms with E-state index >= 15 is 0 Å². The van der Waals surface area contributed by atoms with Gasteiger partial charge in [0.15, 0.2) is 0 Å². The number of nitrogens with two attached hydrogens (primary N) is 1. The zero-order valence-electron chi connectivity index (χ0n) is 11.3. The number of nitrogens with zero attached hydrogens (tertiary/aromatic N) is 2. The monoisotopic (exact) mass is 259 g/mol. The van der Waals surface area contributed by atoms with E-state index in [4.69, 9.17) is 10.5 Å². The van der Waals surface area contributed by atoms with Crippen molar-refractivity contribution in [1.29, 1.82) is 0 Å². The van der Waals surface area contributed by atoms with Crippen LogP contribution in [0.3, 0.4) is 0 Å². The van der Waals surface area contributed by atoms with Crippen LogP contribution in [0.2, 0.25) is 0 Å². The van der Waals surface area contributed by atoms with Gasteiger partial charge in [-0.1, -0.05) is 12.1 Å². The molecule has 2 aromatic rings. The van der Waals surface area contributed by atoms with Gasteiger partial charge in [-0.3, -0.25) is 0 Å². The molecule has 0 radical (unpaired) electrons. The Labute approximate surface area is 114 Å². The molecule has 0 fully saturated rings. The Morgan fingerprint density at radius 2 is 2.11 bits per heavy atom. The predicted molar refractivity (Wildman–Crippen MR) is 76.1 cm³/mol. The Morgan fingerprint density at radius 1 is 1.32 bits per heavy atom. The Bertz CT molecular complexity index is 463. The maximum atomic E-state index is 5.75. The van der Waals surface area contributed by atoms with Gasteiger partial charge in [-0.05, 0) is 37.5 Å². The molecule has 2 N–H and O–H groups in total. The fourth-order valence-corrected chi connectivity index (χ4v) is 1.83. The van der Waals surface area contributed by atoms with E-state index in [1.54, 1.807) is 12.5 Å². The summed E-state index contributed by atoms with van der Waals surface area (Å²) in [5.41, 5.74) is 7.06. The third-order valence-electron chi connectivity index (χ3n) is 2.99. The average Bonchev–Trinajstić information content (AvgIpc) is 2.91. The molecule has 1 heterocycles. The summed E-state index contributed by atoms with van der Waals surface area (Å²) in [5.74, 6) is 0.907. The van der Waals surface area contributed by atoms with Crippen molar-refractivity contribution < 1.29 is 4.74 Å². The summed E-state index contributed by atoms with van der Waals surface area (Å²) in [4.78, 5) is 3.99. The first-order valence-electron chi connectivity index (χ1n) is 6.67. The van der Waals surface area contributed by atoms with E-state index in [1.807, 2.05) is 29.8 Å². The maximum absolute atomic E-state index is 5.75. The zero-order chi connectivity index (χ0) is 13.5. The second kappa shape index (κ2) is 6.95. The number of ether oxygens (including phenoxy) is 1. The van der Waals surface area contributed by atoms with Crippen LogP contribution in [0.5, 0.6) is 5.75 Å². The summed E-state index contributed by atoms with van der Waals surface area (Å²) in [6.45, 7) is 3.50. The third kappa shape index (κ3) is 4.75. The van der Waals surface area contributed by atoms with Crippen molar-refractivity contribution in [2.24, 2.45) is 5.73 Å². The number of aromatic nitrogens is 2. The van der Waals surface area contributed by atoms with E-state index < -0.39 is 0 Å². The molecule has 1 unspecified atom stereocenters. The summed E-state index contributed by atoms with van der Waals surface area (Å²) >= 11 is 0. The SMILES string of the molecule is CC(N)CCc1ccc(OCCn2ccnc2)cc1. The molecule has 2 rings (SSSR count). The van der Waals surface area contributed by atoms with Gasteiger partial charge in [0.2, 0.25) is 0 Å². The van der Waals surface area contributed by atoms with Crippen LogP contribution in [0.15, 0.2) is 43.0 Å². The van der Waals surface area contributed by atoms with Gasteiger partial charge in [0.25, 0.3) is 0 Å². The lowest BCUT2D eigenvalue weighted by molar-refractivity contribution is 0.298. The fourth-order valence-electron chi connectivity index (χ4n) is 1.83. The molecule has 1 aromatic carbocycles. The minimum atomic E-state index is 0.256. The van der Waals surface area contributed by atoms with Crippen LogP contribution in [-0.2, 0) is 13.0 Å². The highest BCUT2D eigenvalue weighted by Crippen LogP contribution is 2.13. The topological polar surface area (TPSA) is 53.1 Å². The van der Waals surface area contributed by atoms with Gasteiger partial charge in [-0.25, -0.2) is 4.98 Å². The zero-order valence-corrected chi connectivity index (χ0v) is 11.3. The highest BCUT2D eigenvalue weighted by atomic mass is 16.5. The lowest BCUT2D eigenvalue weighted by Crippen LogP contribution is -2.15. The van der Waals surface area contributed by atoms with Crippen LogP contribution in [0.4, 0.5) is 0 Å². The molecule has 0 saturated heterocycles. The smallest absolute Gasteiger partial charge is 0.119 e. The maximum Gasteiger partial charge on any atom is 0.119 e. The number of hydrogen-bond acceptors (Lipinski definition) is 3. The summed E-state index contributed by atoms with van der Waals surface area (Å²) < 4.78 is 7.68. The molecule has 19 heavy (non-hydrogen) atoms. The minimum Gasteiger partial charge on any atom is -0.492 e. The molecule has 1 aromatic heterocycles. The number of hydrogen-bond donors (Lipinski definition) is 1. The van der Waals surface area contributed by atoms with Crippen molar-refractivity contribution in [3.8, 4) is 5.75 Å². The molecular weight excluding hydrogens is 238 g/mol. The summed E-state index contributed by atoms with van der Waals surface area (Å²) in [6.07, 6.45) is 7.53. The largest absolute Gasteiger partial charge is 0.492 e. The molecule has 0 saturated carbocycles. The van der Waals surface area contributed by atoms with E-state index in [1.165, 1.54) is 5.56 Å². The van der Waals surface area contributed by atoms with Gasteiger partial charge < -0.3 is 15.0 Å². The van der Waals surface area contributed by atoms with Gasteiger partial charge in [-0.15, -0.1) is 0 Å². The minimum absolute atomic E-state index is 0.256. The van der Waals surface area contributed by atoms with Crippen LogP contribution in [-0.4, -0.2) is 22.2 Å². The fraction of sp³-hybridized carbons (Fsp3) is 0.400. The van der Waals surface area contributed by atoms with E-state index in [2.05, 4.69) is 17.1 Å². The highest BCUT2D eigenvalue weighted by molar-refractivity contribution is 5.27. The highest BCUT2D eigenvalue weighted by Gasteiger charge is 1.99. The van der Waals surface area contributed by atoms with Crippen molar-refractivity contribution in [3.05, 3.63) is 48.5 Å². The molecule has 0 spiro atoms. The Morgan fingerprint density at radius 3 is 2.74 bits per heavy atom. The molecule has 0 amide bonds. The summed E-state index contributed by atoms with van der Waals surface area (Å²) in [7, 11) is 0. The lowest BCUT2D eigenvalue weighted by atomic mass is 10.1. The standard InChI is InChI=1S/C15H21N3O/c1-13(16)2-3-14-4-6-15(7-5-14)19-11-10-18-9-8-17-12-18/h4-9,12-13H,2-3,10-11,16H2,1H3. The average molecular weight is 259 g/mol. The van der Waals surface area contributed by atoms with Crippen molar-refractivity contribution in [3.63, 3.8) is 0 Å². The normalized spacial score (nSPS) is 12.3. The molecule has 1 atom stereocenters. The van der Waals surface area contributed by atoms with Crippen molar-refractivity contribution >= 4 is 0 Å². The third-order valence-corrected chi connectivity index (χ3v) is 2.99. The van der Waals surface area contributed by atoms with Crippen molar-refractivity contribution in [2.75, 3.05) is 6.61 Å². The number of benzene rings is 1. The van der Waals surface area contributed by atoms with Crippen LogP contribution < -0.4 is 10.5 Å². The van der Waals surface area contributed by atoms with Gasteiger partial charge in [0.1, 0.15) is 12.4 Å². The molecule has 0 bridgehead atoms. The van der Waals surface area contributed by atoms with Crippen LogP contribution >= 0.6 is 0 Å². The Kier molecular flexibility index (Phi) is 4.98. The second-order valence-corrected chi connectivity index (χ2v) is 4.81. The van der Waals surface area contributed by atoms with E-state index in [0.29, 0.717) is 6.61 Å². The first kappa shape index (κ1) is 13.6. The molecule has 4 heteroatoms. The predicted octanol–water partition coefficient (Wildman–Crippen LogP) is 2.24.